The lowest BCUT2D eigenvalue weighted by molar-refractivity contribution is 0.294. The summed E-state index contributed by atoms with van der Waals surface area (Å²) in [6.07, 6.45) is 25.7. The Kier molecular flexibility index (Phi) is 16.2. The fourth-order valence-electron chi connectivity index (χ4n) is 8.10. The molecule has 2 aliphatic heterocycles. The molecule has 8 heteroatoms. The van der Waals surface area contributed by atoms with Crippen molar-refractivity contribution in [3.05, 3.63) is 89.2 Å². The molecule has 1 aromatic carbocycles. The Balaban J connectivity index is 0.000000166. The molecule has 1 saturated heterocycles. The van der Waals surface area contributed by atoms with Gasteiger partial charge >= 0.3 is 0 Å². The van der Waals surface area contributed by atoms with Crippen LogP contribution in [0.25, 0.3) is 22.3 Å². The highest BCUT2D eigenvalue weighted by molar-refractivity contribution is 7.99. The molecule has 2 aromatic heterocycles. The van der Waals surface area contributed by atoms with Crippen LogP contribution in [0.5, 0.6) is 0 Å². The van der Waals surface area contributed by atoms with Crippen molar-refractivity contribution in [1.82, 2.24) is 19.6 Å². The number of nitrogens with one attached hydrogen (secondary N) is 2. The van der Waals surface area contributed by atoms with E-state index in [0.717, 1.165) is 65.4 Å². The average Bonchev–Trinajstić information content (AvgIpc) is 3.98. The van der Waals surface area contributed by atoms with E-state index in [1.165, 1.54) is 98.5 Å². The third-order valence-electron chi connectivity index (χ3n) is 11.6. The summed E-state index contributed by atoms with van der Waals surface area (Å²) in [6.45, 7) is 26.6. The van der Waals surface area contributed by atoms with E-state index in [2.05, 4.69) is 136 Å². The third kappa shape index (κ3) is 13.7. The van der Waals surface area contributed by atoms with Crippen molar-refractivity contribution in [2.75, 3.05) is 11.9 Å². The normalized spacial score (nSPS) is 23.2. The van der Waals surface area contributed by atoms with Gasteiger partial charge in [-0.05, 0) is 138 Å². The summed E-state index contributed by atoms with van der Waals surface area (Å²) in [5.41, 5.74) is 15.1. The van der Waals surface area contributed by atoms with Crippen LogP contribution in [0.4, 0.5) is 5.13 Å². The van der Waals surface area contributed by atoms with Crippen molar-refractivity contribution in [1.29, 1.82) is 0 Å². The molecule has 4 N–H and O–H groups in total. The summed E-state index contributed by atoms with van der Waals surface area (Å²) in [5, 5.41) is 7.59. The van der Waals surface area contributed by atoms with Crippen LogP contribution in [0.3, 0.4) is 0 Å². The first-order chi connectivity index (χ1) is 27.2. The van der Waals surface area contributed by atoms with E-state index in [1.807, 2.05) is 11.9 Å². The van der Waals surface area contributed by atoms with Crippen LogP contribution >= 0.6 is 23.3 Å². The molecule has 312 valence electrons. The summed E-state index contributed by atoms with van der Waals surface area (Å²) < 4.78 is 4.32. The number of aromatic nitrogens is 2. The van der Waals surface area contributed by atoms with Gasteiger partial charge in [0.15, 0.2) is 5.13 Å². The van der Waals surface area contributed by atoms with Gasteiger partial charge in [-0.25, -0.2) is 9.97 Å². The molecule has 3 aromatic rings. The molecular weight excluding hydrogens is 737 g/mol. The zero-order chi connectivity index (χ0) is 41.2. The molecule has 2 saturated carbocycles. The van der Waals surface area contributed by atoms with E-state index in [0.29, 0.717) is 22.2 Å². The van der Waals surface area contributed by atoms with Gasteiger partial charge in [0.05, 0.1) is 17.3 Å². The summed E-state index contributed by atoms with van der Waals surface area (Å²) in [5.74, 6) is 1.60. The Hall–Kier alpha value is -3.23. The fraction of sp³-hybridized carbons (Fsp3) is 0.592. The molecule has 2 aliphatic carbocycles. The standard InChI is InChI=1S/C18H21N3S.C18H29NS.C13H24N2/c1-5-13-6-7-14-12(4)8-16(20-15(14)9-13)17-10-22-18(21-17)19-11(2)3;1-2-17-16-14-15(16)10-8-6-4-3-5-7-9-11-18(12-13-18)20-19-17;1-10(9-13(3,4)5)15-8-6-7-12(15)11(2)14/h6-11H,5H2,1-4H3,(H,19,21);2,8,10,15-16,19H,3-7,9,11-14H2,1H3;12H,1-2,6-9,14H2,3-5H3/b;10-8+,17-2+;. The summed E-state index contributed by atoms with van der Waals surface area (Å²) in [4.78, 5) is 11.8. The van der Waals surface area contributed by atoms with E-state index in [1.54, 1.807) is 11.3 Å². The van der Waals surface area contributed by atoms with Crippen LogP contribution in [0, 0.1) is 24.2 Å². The Bertz CT molecular complexity index is 1840. The predicted octanol–water partition coefficient (Wildman–Crippen LogP) is 13.5. The Labute approximate surface area is 354 Å². The number of fused-ring (bicyclic) bond motifs is 2. The van der Waals surface area contributed by atoms with Gasteiger partial charge in [-0.15, -0.1) is 11.3 Å². The molecule has 3 unspecified atom stereocenters. The van der Waals surface area contributed by atoms with Gasteiger partial charge in [0.2, 0.25) is 0 Å². The van der Waals surface area contributed by atoms with Gasteiger partial charge in [-0.1, -0.05) is 96.9 Å². The number of nitrogens with zero attached hydrogens (tertiary/aromatic N) is 3. The van der Waals surface area contributed by atoms with Gasteiger partial charge < -0.3 is 20.7 Å². The lowest BCUT2D eigenvalue weighted by atomic mass is 9.90. The first-order valence-corrected chi connectivity index (χ1v) is 23.7. The van der Waals surface area contributed by atoms with Crippen molar-refractivity contribution in [3.8, 4) is 11.4 Å². The van der Waals surface area contributed by atoms with Gasteiger partial charge in [-0.2, -0.15) is 0 Å². The number of likely N-dealkylation sites (tertiary alicyclic amines) is 1. The second-order valence-corrected chi connectivity index (χ2v) is 20.6. The molecule has 0 radical (unpaired) electrons. The maximum atomic E-state index is 5.81. The van der Waals surface area contributed by atoms with Crippen LogP contribution in [-0.2, 0) is 6.42 Å². The first kappa shape index (κ1) is 44.9. The number of hydrogen-bond acceptors (Lipinski definition) is 8. The summed E-state index contributed by atoms with van der Waals surface area (Å²) in [7, 11) is 0. The molecule has 7 rings (SSSR count). The maximum Gasteiger partial charge on any atom is 0.183 e. The lowest BCUT2D eigenvalue weighted by Crippen LogP contribution is -2.33. The fourth-order valence-corrected chi connectivity index (χ4v) is 10.1. The SMILES string of the molecule is C/C=C1/NSC2(CCCCCCC/C=C/C3CC13)CC2.C=C(N)C1CCCN1C(=C)CC(C)(C)C.CCc1ccc2c(C)cc(-c3csc(NC(C)C)n3)nc2c1. The van der Waals surface area contributed by atoms with Crippen LogP contribution in [0.2, 0.25) is 0 Å². The molecule has 6 nitrogen and oxygen atoms in total. The molecule has 4 aliphatic rings. The molecular formula is C49H74N6S2. The third-order valence-corrected chi connectivity index (χ3v) is 13.8. The van der Waals surface area contributed by atoms with Gasteiger partial charge in [0.1, 0.15) is 5.69 Å². The van der Waals surface area contributed by atoms with Crippen molar-refractivity contribution < 1.29 is 0 Å². The number of hydrogen-bond donors (Lipinski definition) is 3. The van der Waals surface area contributed by atoms with Crippen molar-refractivity contribution >= 4 is 39.3 Å². The number of benzene rings is 1. The summed E-state index contributed by atoms with van der Waals surface area (Å²) in [6, 6.07) is 9.38. The molecule has 57 heavy (non-hydrogen) atoms. The van der Waals surface area contributed by atoms with E-state index in [4.69, 9.17) is 10.7 Å². The van der Waals surface area contributed by atoms with E-state index >= 15 is 0 Å². The van der Waals surface area contributed by atoms with Gasteiger partial charge in [0, 0.05) is 51.1 Å². The monoisotopic (exact) mass is 811 g/mol. The van der Waals surface area contributed by atoms with Gasteiger partial charge in [-0.3, -0.25) is 0 Å². The topological polar surface area (TPSA) is 79.1 Å². The number of allylic oxidation sites excluding steroid dienone is 5. The zero-order valence-electron chi connectivity index (χ0n) is 36.7. The van der Waals surface area contributed by atoms with Crippen molar-refractivity contribution in [3.63, 3.8) is 0 Å². The minimum atomic E-state index is 0.292. The number of pyridine rings is 1. The van der Waals surface area contributed by atoms with Crippen LogP contribution in [-0.4, -0.2) is 38.2 Å². The van der Waals surface area contributed by atoms with Crippen LogP contribution in [0.1, 0.15) is 143 Å². The van der Waals surface area contributed by atoms with Crippen LogP contribution < -0.4 is 15.8 Å². The Morgan fingerprint density at radius 2 is 1.81 bits per heavy atom. The Morgan fingerprint density at radius 3 is 2.49 bits per heavy atom. The molecule has 0 bridgehead atoms. The zero-order valence-corrected chi connectivity index (χ0v) is 38.3. The molecule has 0 amide bonds. The van der Waals surface area contributed by atoms with Crippen LogP contribution in [0.15, 0.2) is 78.1 Å². The van der Waals surface area contributed by atoms with E-state index in [-0.39, 0.29) is 0 Å². The number of rotatable bonds is 7. The predicted molar refractivity (Wildman–Crippen MR) is 251 cm³/mol. The highest BCUT2D eigenvalue weighted by Gasteiger charge is 2.45. The minimum Gasteiger partial charge on any atom is -0.401 e. The Morgan fingerprint density at radius 1 is 1.05 bits per heavy atom. The smallest absolute Gasteiger partial charge is 0.183 e. The second-order valence-electron chi connectivity index (χ2n) is 18.5. The largest absolute Gasteiger partial charge is 0.401 e. The number of nitrogens with two attached hydrogens (primary N) is 1. The highest BCUT2D eigenvalue weighted by atomic mass is 32.2. The molecule has 1 spiro atoms. The number of anilines is 1. The molecule has 4 heterocycles. The second kappa shape index (κ2) is 20.6. The van der Waals surface area contributed by atoms with E-state index in [9.17, 15) is 0 Å². The molecule has 3 fully saturated rings. The average molecular weight is 811 g/mol. The van der Waals surface area contributed by atoms with Gasteiger partial charge in [0.25, 0.3) is 0 Å². The maximum absolute atomic E-state index is 5.81. The van der Waals surface area contributed by atoms with E-state index < -0.39 is 0 Å². The quantitative estimate of drug-likeness (QED) is 0.162. The number of thiazole rings is 1. The minimum absolute atomic E-state index is 0.292. The highest BCUT2D eigenvalue weighted by Crippen LogP contribution is 2.53. The summed E-state index contributed by atoms with van der Waals surface area (Å²) >= 11 is 3.67. The number of aryl methyl sites for hydroxylation is 2. The lowest BCUT2D eigenvalue weighted by Gasteiger charge is -2.32. The van der Waals surface area contributed by atoms with Crippen molar-refractivity contribution in [2.45, 2.75) is 162 Å². The first-order valence-electron chi connectivity index (χ1n) is 22.0. The molecule has 3 atom stereocenters. The van der Waals surface area contributed by atoms with Crippen molar-refractivity contribution in [2.24, 2.45) is 23.0 Å².